The van der Waals surface area contributed by atoms with Gasteiger partial charge in [-0.3, -0.25) is 38.4 Å². The number of fused-ring (bicyclic) bond motifs is 8. The Labute approximate surface area is 336 Å². The molecular weight excluding hydrogens is 792 g/mol. The first-order chi connectivity index (χ1) is 28.3. The maximum atomic E-state index is 12.3. The topological polar surface area (TPSA) is 362 Å². The van der Waals surface area contributed by atoms with Crippen LogP contribution >= 0.6 is 0 Å². The third-order valence-corrected chi connectivity index (χ3v) is 9.96. The van der Waals surface area contributed by atoms with Gasteiger partial charge in [0.1, 0.15) is 0 Å². The minimum atomic E-state index is -1.32. The number of H-pyrrole nitrogens is 4. The molecule has 4 aromatic rings. The first-order valence-corrected chi connectivity index (χ1v) is 18.4. The minimum Gasteiger partial charge on any atom is -0.481 e. The zero-order valence-corrected chi connectivity index (χ0v) is 31.6. The van der Waals surface area contributed by atoms with Gasteiger partial charge in [0.2, 0.25) is 0 Å². The van der Waals surface area contributed by atoms with Gasteiger partial charge in [-0.25, -0.2) is 0 Å². The number of aromatic amines is 4. The van der Waals surface area contributed by atoms with Crippen LogP contribution in [0.1, 0.15) is 93.0 Å². The van der Waals surface area contributed by atoms with Crippen molar-refractivity contribution in [1.82, 2.24) is 19.9 Å². The van der Waals surface area contributed by atoms with Crippen molar-refractivity contribution in [2.45, 2.75) is 77.0 Å². The molecule has 4 aromatic heterocycles. The van der Waals surface area contributed by atoms with E-state index in [0.717, 1.165) is 0 Å². The molecule has 0 unspecified atom stereocenters. The van der Waals surface area contributed by atoms with Crippen molar-refractivity contribution in [2.75, 3.05) is 0 Å². The van der Waals surface area contributed by atoms with Crippen molar-refractivity contribution in [3.05, 3.63) is 88.7 Å². The minimum absolute atomic E-state index is 0.0780. The van der Waals surface area contributed by atoms with E-state index in [4.69, 9.17) is 0 Å². The molecule has 20 nitrogen and oxygen atoms in total. The summed E-state index contributed by atoms with van der Waals surface area (Å²) in [5.41, 5.74) is 1.73. The Kier molecular flexibility index (Phi) is 13.3. The maximum Gasteiger partial charge on any atom is 0.307 e. The molecule has 0 fully saturated rings. The van der Waals surface area contributed by atoms with Crippen LogP contribution in [-0.4, -0.2) is 109 Å². The van der Waals surface area contributed by atoms with E-state index in [2.05, 4.69) is 19.9 Å². The van der Waals surface area contributed by atoms with Crippen molar-refractivity contribution in [2.24, 2.45) is 0 Å². The van der Waals surface area contributed by atoms with Crippen LogP contribution < -0.4 is 21.4 Å². The predicted molar refractivity (Wildman–Crippen MR) is 205 cm³/mol. The van der Waals surface area contributed by atoms with Gasteiger partial charge >= 0.3 is 47.8 Å². The first-order valence-electron chi connectivity index (χ1n) is 18.4. The van der Waals surface area contributed by atoms with Gasteiger partial charge in [-0.15, -0.1) is 0 Å². The van der Waals surface area contributed by atoms with Gasteiger partial charge in [0.25, 0.3) is 0 Å². The Hall–Kier alpha value is -7.64. The second-order valence-electron chi connectivity index (χ2n) is 14.1. The van der Waals surface area contributed by atoms with Crippen molar-refractivity contribution in [3.8, 4) is 0 Å². The molecular formula is C40H40N4O16. The first kappa shape index (κ1) is 43.5. The average molecular weight is 833 g/mol. The van der Waals surface area contributed by atoms with E-state index in [1.807, 2.05) is 0 Å². The summed E-state index contributed by atoms with van der Waals surface area (Å²) in [4.78, 5) is 109. The molecule has 316 valence electrons. The normalized spacial score (nSPS) is 11.7. The second-order valence-corrected chi connectivity index (χ2v) is 14.1. The van der Waals surface area contributed by atoms with Gasteiger partial charge < -0.3 is 60.8 Å². The number of hydrogen-bond donors (Lipinski definition) is 12. The molecule has 12 N–H and O–H groups in total. The lowest BCUT2D eigenvalue weighted by molar-refractivity contribution is -0.138. The number of rotatable bonds is 20. The van der Waals surface area contributed by atoms with Crippen LogP contribution in [0.25, 0.3) is 24.3 Å². The van der Waals surface area contributed by atoms with Crippen LogP contribution in [-0.2, 0) is 89.7 Å². The summed E-state index contributed by atoms with van der Waals surface area (Å²) in [6.45, 7) is 0. The number of hydrogen-bond acceptors (Lipinski definition) is 8. The zero-order chi connectivity index (χ0) is 44.0. The van der Waals surface area contributed by atoms with E-state index < -0.39 is 99.1 Å². The number of carboxylic acids is 8. The molecule has 0 radical (unpaired) electrons. The van der Waals surface area contributed by atoms with E-state index in [1.165, 1.54) is 24.3 Å². The van der Waals surface area contributed by atoms with Crippen molar-refractivity contribution < 1.29 is 79.2 Å². The van der Waals surface area contributed by atoms with Gasteiger partial charge in [-0.2, -0.15) is 0 Å². The molecule has 0 saturated carbocycles. The van der Waals surface area contributed by atoms with E-state index in [9.17, 15) is 79.2 Å². The molecule has 0 aromatic carbocycles. The van der Waals surface area contributed by atoms with Gasteiger partial charge in [0.15, 0.2) is 0 Å². The number of carbonyl (C=O) groups is 8. The summed E-state index contributed by atoms with van der Waals surface area (Å²) >= 11 is 0. The van der Waals surface area contributed by atoms with Gasteiger partial charge in [-0.05, 0) is 94.5 Å². The lowest BCUT2D eigenvalue weighted by Crippen LogP contribution is -2.15. The van der Waals surface area contributed by atoms with Crippen LogP contribution in [0.4, 0.5) is 0 Å². The monoisotopic (exact) mass is 832 g/mol. The quantitative estimate of drug-likeness (QED) is 0.0457. The summed E-state index contributed by atoms with van der Waals surface area (Å²) in [5, 5.41) is 79.2. The highest BCUT2D eigenvalue weighted by atomic mass is 16.4. The summed E-state index contributed by atoms with van der Waals surface area (Å²) in [5.74, 6) is -10.2. The Balaban J connectivity index is 2.08. The molecule has 60 heavy (non-hydrogen) atoms. The average Bonchev–Trinajstić information content (AvgIpc) is 3.81. The molecule has 5 heterocycles. The predicted octanol–water partition coefficient (Wildman–Crippen LogP) is -0.795. The third-order valence-electron chi connectivity index (χ3n) is 9.96. The number of aromatic nitrogens is 4. The summed E-state index contributed by atoms with van der Waals surface area (Å²) in [7, 11) is 0. The summed E-state index contributed by atoms with van der Waals surface area (Å²) in [6, 6.07) is 0. The van der Waals surface area contributed by atoms with E-state index in [0.29, 0.717) is 0 Å². The lowest BCUT2D eigenvalue weighted by atomic mass is 9.98. The fourth-order valence-electron chi connectivity index (χ4n) is 7.53. The standard InChI is InChI=1S/C40H40N4O16/c45-33(46)5-1-17-21(9-37(53)54)29-14-27-19(3-7-35(49)50)23(11-39(57)58)31(43-27)16-32-24(12-40(59)60)20(4-8-36(51)52)28(44-32)15-30-22(10-38(55)56)18(2-6-34(47)48)26(42-30)13-25(17)41-29/h13-16,41-44H,1-12H2,(H,45,46)(H,47,48)(H,49,50)(H,51,52)(H,53,54)(H,55,56)(H,57,58)(H,59,60). The second kappa shape index (κ2) is 18.3. The SMILES string of the molecule is O=C(O)CCc1c2[nH]c(c1CC(=O)O)C=c1[nH]c(c(CC(=O)O)c1CCC(=O)O)=Cc1[nH]c(c(CCC(=O)O)c1CC(=O)O)C=c1[nH]c(c(CCC(=O)O)c1CC(=O)O)=C2. The number of carboxylic acid groups (broad SMARTS) is 8. The van der Waals surface area contributed by atoms with Crippen LogP contribution in [0.2, 0.25) is 0 Å². The Morgan fingerprint density at radius 2 is 0.533 bits per heavy atom. The van der Waals surface area contributed by atoms with E-state index in [1.54, 1.807) is 0 Å². The largest absolute Gasteiger partial charge is 0.481 e. The van der Waals surface area contributed by atoms with Crippen LogP contribution in [0.15, 0.2) is 0 Å². The molecule has 0 saturated heterocycles. The lowest BCUT2D eigenvalue weighted by Gasteiger charge is -2.05. The molecule has 0 atom stereocenters. The molecule has 20 heteroatoms. The molecule has 8 bridgehead atoms. The number of aliphatic carboxylic acids is 8. The summed E-state index contributed by atoms with van der Waals surface area (Å²) in [6.07, 6.45) is 0.249. The van der Waals surface area contributed by atoms with Gasteiger partial charge in [-0.1, -0.05) is 0 Å². The highest BCUT2D eigenvalue weighted by Gasteiger charge is 2.24. The molecule has 0 amide bonds. The summed E-state index contributed by atoms with van der Waals surface area (Å²) < 4.78 is 0. The highest BCUT2D eigenvalue weighted by molar-refractivity contribution is 5.79. The smallest absolute Gasteiger partial charge is 0.307 e. The number of nitrogens with one attached hydrogen (secondary N) is 4. The Bertz CT molecular complexity index is 2710. The maximum absolute atomic E-state index is 12.3. The van der Waals surface area contributed by atoms with Gasteiger partial charge in [0, 0.05) is 69.9 Å². The van der Waals surface area contributed by atoms with Crippen molar-refractivity contribution in [3.63, 3.8) is 0 Å². The fourth-order valence-corrected chi connectivity index (χ4v) is 7.53. The molecule has 0 spiro atoms. The highest BCUT2D eigenvalue weighted by Crippen LogP contribution is 2.26. The third kappa shape index (κ3) is 10.4. The van der Waals surface area contributed by atoms with Crippen LogP contribution in [0, 0.1) is 0 Å². The Morgan fingerprint density at radius 1 is 0.300 bits per heavy atom. The fraction of sp³-hybridized carbons (Fsp3) is 0.300. The Morgan fingerprint density at radius 3 is 0.800 bits per heavy atom. The molecule has 1 aliphatic heterocycles. The van der Waals surface area contributed by atoms with E-state index >= 15 is 0 Å². The van der Waals surface area contributed by atoms with Crippen molar-refractivity contribution in [1.29, 1.82) is 0 Å². The van der Waals surface area contributed by atoms with Crippen LogP contribution in [0.3, 0.4) is 0 Å². The van der Waals surface area contributed by atoms with Crippen molar-refractivity contribution >= 4 is 72.1 Å². The van der Waals surface area contributed by atoms with E-state index in [-0.39, 0.29) is 114 Å². The zero-order valence-electron chi connectivity index (χ0n) is 31.6. The molecule has 1 aliphatic rings. The van der Waals surface area contributed by atoms with Gasteiger partial charge in [0.05, 0.1) is 25.7 Å². The molecule has 5 rings (SSSR count). The van der Waals surface area contributed by atoms with Crippen LogP contribution in [0.5, 0.6) is 0 Å². The molecule has 0 aliphatic carbocycles.